The Kier molecular flexibility index (Phi) is 4.76. The number of nitrogens with two attached hydrogens (primary N) is 1. The van der Waals surface area contributed by atoms with Crippen LogP contribution in [0.25, 0.3) is 0 Å². The zero-order chi connectivity index (χ0) is 14.4. The summed E-state index contributed by atoms with van der Waals surface area (Å²) in [6, 6.07) is 10.6. The van der Waals surface area contributed by atoms with Crippen molar-refractivity contribution < 1.29 is 18.3 Å². The van der Waals surface area contributed by atoms with Gasteiger partial charge in [0, 0.05) is 12.5 Å². The van der Waals surface area contributed by atoms with Crippen molar-refractivity contribution in [1.29, 1.82) is 0 Å². The number of benzene rings is 2. The van der Waals surface area contributed by atoms with Crippen LogP contribution in [0, 0.1) is 11.6 Å². The van der Waals surface area contributed by atoms with Crippen LogP contribution in [-0.4, -0.2) is 13.2 Å². The molecule has 2 aromatic carbocycles. The Hall–Kier alpha value is -2.30. The lowest BCUT2D eigenvalue weighted by Gasteiger charge is -2.09. The van der Waals surface area contributed by atoms with Crippen LogP contribution in [0.1, 0.15) is 6.42 Å². The Morgan fingerprint density at radius 2 is 1.65 bits per heavy atom. The number of rotatable bonds is 6. The first-order valence-corrected chi connectivity index (χ1v) is 6.22. The van der Waals surface area contributed by atoms with Gasteiger partial charge in [0.2, 0.25) is 0 Å². The minimum atomic E-state index is -0.921. The first kappa shape index (κ1) is 14.1. The number of para-hydroxylation sites is 2. The summed E-state index contributed by atoms with van der Waals surface area (Å²) in [6.07, 6.45) is 0.604. The minimum Gasteiger partial charge on any atom is -0.493 e. The summed E-state index contributed by atoms with van der Waals surface area (Å²) in [7, 11) is 0. The molecule has 0 spiro atoms. The highest BCUT2D eigenvalue weighted by Gasteiger charge is 2.03. The first-order valence-electron chi connectivity index (χ1n) is 6.22. The zero-order valence-corrected chi connectivity index (χ0v) is 10.8. The molecule has 0 saturated heterocycles. The lowest BCUT2D eigenvalue weighted by molar-refractivity contribution is 0.247. The summed E-state index contributed by atoms with van der Waals surface area (Å²) >= 11 is 0. The smallest absolute Gasteiger partial charge is 0.162 e. The average molecular weight is 279 g/mol. The quantitative estimate of drug-likeness (QED) is 0.651. The minimum absolute atomic E-state index is 0.295. The van der Waals surface area contributed by atoms with E-state index in [4.69, 9.17) is 15.2 Å². The van der Waals surface area contributed by atoms with Crippen LogP contribution in [0.4, 0.5) is 14.5 Å². The van der Waals surface area contributed by atoms with E-state index in [0.717, 1.165) is 12.1 Å². The van der Waals surface area contributed by atoms with E-state index in [1.807, 2.05) is 12.1 Å². The Labute approximate surface area is 115 Å². The molecule has 2 rings (SSSR count). The molecule has 0 radical (unpaired) electrons. The van der Waals surface area contributed by atoms with Crippen LogP contribution in [0.2, 0.25) is 0 Å². The molecule has 0 atom stereocenters. The van der Waals surface area contributed by atoms with Crippen molar-refractivity contribution in [2.24, 2.45) is 0 Å². The lowest BCUT2D eigenvalue weighted by Crippen LogP contribution is -2.06. The highest BCUT2D eigenvalue weighted by molar-refractivity contribution is 5.51. The Morgan fingerprint density at radius 1 is 0.900 bits per heavy atom. The highest BCUT2D eigenvalue weighted by atomic mass is 19.2. The second kappa shape index (κ2) is 6.75. The molecular formula is C15H15F2NO2. The molecule has 0 amide bonds. The molecule has 0 aliphatic rings. The summed E-state index contributed by atoms with van der Waals surface area (Å²) in [6.45, 7) is 0.774. The van der Waals surface area contributed by atoms with Crippen molar-refractivity contribution in [3.8, 4) is 11.5 Å². The van der Waals surface area contributed by atoms with E-state index < -0.39 is 11.6 Å². The molecule has 20 heavy (non-hydrogen) atoms. The molecule has 0 aromatic heterocycles. The van der Waals surface area contributed by atoms with Crippen LogP contribution < -0.4 is 15.2 Å². The molecule has 0 saturated carbocycles. The third-order valence-electron chi connectivity index (χ3n) is 2.63. The number of hydrogen-bond donors (Lipinski definition) is 1. The second-order valence-corrected chi connectivity index (χ2v) is 4.16. The van der Waals surface area contributed by atoms with Gasteiger partial charge in [-0.2, -0.15) is 0 Å². The molecular weight excluding hydrogens is 264 g/mol. The van der Waals surface area contributed by atoms with Gasteiger partial charge in [-0.05, 0) is 24.3 Å². The number of halogens is 2. The van der Waals surface area contributed by atoms with Gasteiger partial charge in [-0.25, -0.2) is 8.78 Å². The summed E-state index contributed by atoms with van der Waals surface area (Å²) in [5.74, 6) is -0.889. The molecule has 106 valence electrons. The molecule has 0 aliphatic carbocycles. The van der Waals surface area contributed by atoms with Gasteiger partial charge >= 0.3 is 0 Å². The maximum atomic E-state index is 12.9. The summed E-state index contributed by atoms with van der Waals surface area (Å²) in [5.41, 5.74) is 6.30. The normalized spacial score (nSPS) is 10.3. The zero-order valence-electron chi connectivity index (χ0n) is 10.8. The van der Waals surface area contributed by atoms with Gasteiger partial charge < -0.3 is 15.2 Å². The predicted molar refractivity (Wildman–Crippen MR) is 72.8 cm³/mol. The van der Waals surface area contributed by atoms with E-state index >= 15 is 0 Å². The lowest BCUT2D eigenvalue weighted by atomic mass is 10.3. The van der Waals surface area contributed by atoms with Crippen molar-refractivity contribution in [2.75, 3.05) is 18.9 Å². The van der Waals surface area contributed by atoms with E-state index in [1.165, 1.54) is 6.07 Å². The van der Waals surface area contributed by atoms with E-state index in [2.05, 4.69) is 0 Å². The van der Waals surface area contributed by atoms with Gasteiger partial charge in [0.15, 0.2) is 11.6 Å². The van der Waals surface area contributed by atoms with Crippen LogP contribution >= 0.6 is 0 Å². The third kappa shape index (κ3) is 3.85. The molecule has 3 nitrogen and oxygen atoms in total. The molecule has 5 heteroatoms. The topological polar surface area (TPSA) is 44.5 Å². The SMILES string of the molecule is Nc1ccccc1OCCCOc1ccc(F)c(F)c1. The van der Waals surface area contributed by atoms with Gasteiger partial charge in [-0.15, -0.1) is 0 Å². The van der Waals surface area contributed by atoms with E-state index in [1.54, 1.807) is 12.1 Å². The summed E-state index contributed by atoms with van der Waals surface area (Å²) in [5, 5.41) is 0. The van der Waals surface area contributed by atoms with Gasteiger partial charge in [0.1, 0.15) is 11.5 Å². The van der Waals surface area contributed by atoms with Crippen molar-refractivity contribution in [3.63, 3.8) is 0 Å². The Bertz CT molecular complexity index is 576. The standard InChI is InChI=1S/C15H15F2NO2/c16-12-7-6-11(10-13(12)17)19-8-3-9-20-15-5-2-1-4-14(15)18/h1-2,4-7,10H,3,8-9,18H2. The molecule has 0 bridgehead atoms. The average Bonchev–Trinajstić information content (AvgIpc) is 2.44. The van der Waals surface area contributed by atoms with Gasteiger partial charge in [0.25, 0.3) is 0 Å². The van der Waals surface area contributed by atoms with Gasteiger partial charge in [-0.1, -0.05) is 12.1 Å². The maximum Gasteiger partial charge on any atom is 0.162 e. The maximum absolute atomic E-state index is 12.9. The number of nitrogen functional groups attached to an aromatic ring is 1. The fourth-order valence-electron chi connectivity index (χ4n) is 1.61. The highest BCUT2D eigenvalue weighted by Crippen LogP contribution is 2.20. The summed E-state index contributed by atoms with van der Waals surface area (Å²) in [4.78, 5) is 0. The fourth-order valence-corrected chi connectivity index (χ4v) is 1.61. The molecule has 0 heterocycles. The van der Waals surface area contributed by atoms with Crippen LogP contribution in [0.3, 0.4) is 0 Å². The molecule has 0 aliphatic heterocycles. The van der Waals surface area contributed by atoms with Gasteiger partial charge in [0.05, 0.1) is 18.9 Å². The molecule has 2 aromatic rings. The molecule has 2 N–H and O–H groups in total. The third-order valence-corrected chi connectivity index (χ3v) is 2.63. The van der Waals surface area contributed by atoms with Crippen LogP contribution in [0.5, 0.6) is 11.5 Å². The fraction of sp³-hybridized carbons (Fsp3) is 0.200. The second-order valence-electron chi connectivity index (χ2n) is 4.16. The summed E-state index contributed by atoms with van der Waals surface area (Å²) < 4.78 is 36.4. The number of ether oxygens (including phenoxy) is 2. The predicted octanol–water partition coefficient (Wildman–Crippen LogP) is 3.39. The number of hydrogen-bond acceptors (Lipinski definition) is 3. The molecule has 0 fully saturated rings. The van der Waals surface area contributed by atoms with Crippen LogP contribution in [-0.2, 0) is 0 Å². The van der Waals surface area contributed by atoms with E-state index in [9.17, 15) is 8.78 Å². The van der Waals surface area contributed by atoms with Crippen LogP contribution in [0.15, 0.2) is 42.5 Å². The van der Waals surface area contributed by atoms with Gasteiger partial charge in [-0.3, -0.25) is 0 Å². The first-order chi connectivity index (χ1) is 9.66. The molecule has 0 unspecified atom stereocenters. The monoisotopic (exact) mass is 279 g/mol. The van der Waals surface area contributed by atoms with E-state index in [-0.39, 0.29) is 0 Å². The van der Waals surface area contributed by atoms with Crippen molar-refractivity contribution >= 4 is 5.69 Å². The van der Waals surface area contributed by atoms with Crippen molar-refractivity contribution in [1.82, 2.24) is 0 Å². The van der Waals surface area contributed by atoms with E-state index in [0.29, 0.717) is 36.8 Å². The Morgan fingerprint density at radius 3 is 2.40 bits per heavy atom. The Balaban J connectivity index is 1.71. The van der Waals surface area contributed by atoms with Crippen molar-refractivity contribution in [2.45, 2.75) is 6.42 Å². The largest absolute Gasteiger partial charge is 0.493 e. The number of anilines is 1. The van der Waals surface area contributed by atoms with Crippen molar-refractivity contribution in [3.05, 3.63) is 54.1 Å².